The summed E-state index contributed by atoms with van der Waals surface area (Å²) in [5.74, 6) is -2.68. The molecule has 0 bridgehead atoms. The second-order valence-electron chi connectivity index (χ2n) is 24.0. The Labute approximate surface area is 467 Å². The molecule has 16 nitrogen and oxygen atoms in total. The Morgan fingerprint density at radius 3 is 1.92 bits per heavy atom. The number of hydrogen-bond acceptors (Lipinski definition) is 9. The Morgan fingerprint density at radius 2 is 1.30 bits per heavy atom. The van der Waals surface area contributed by atoms with E-state index >= 15 is 9.59 Å². The van der Waals surface area contributed by atoms with Gasteiger partial charge >= 0.3 is 0 Å². The Hall–Kier alpha value is -6.91. The van der Waals surface area contributed by atoms with Gasteiger partial charge in [-0.1, -0.05) is 146 Å². The van der Waals surface area contributed by atoms with Crippen molar-refractivity contribution in [3.63, 3.8) is 0 Å². The molecule has 9 atom stereocenters. The van der Waals surface area contributed by atoms with Gasteiger partial charge in [0.25, 0.3) is 5.91 Å². The van der Waals surface area contributed by atoms with Gasteiger partial charge in [0.2, 0.25) is 35.4 Å². The van der Waals surface area contributed by atoms with E-state index in [1.807, 2.05) is 128 Å². The lowest BCUT2D eigenvalue weighted by atomic mass is 9.83. The van der Waals surface area contributed by atoms with Crippen molar-refractivity contribution in [3.05, 3.63) is 142 Å². The lowest BCUT2D eigenvalue weighted by molar-refractivity contribution is -0.153. The van der Waals surface area contributed by atoms with Crippen LogP contribution in [0.1, 0.15) is 144 Å². The molecule has 16 heteroatoms. The predicted octanol–water partition coefficient (Wildman–Crippen LogP) is 6.97. The second-order valence-corrected chi connectivity index (χ2v) is 24.0. The number of ether oxygens (including phenoxy) is 1. The molecule has 1 fully saturated rings. The van der Waals surface area contributed by atoms with Gasteiger partial charge in [-0.05, 0) is 102 Å². The van der Waals surface area contributed by atoms with E-state index < -0.39 is 64.9 Å². The lowest BCUT2D eigenvalue weighted by Gasteiger charge is -2.44. The first kappa shape index (κ1) is 59.7. The fourth-order valence-electron chi connectivity index (χ4n) is 11.0. The normalized spacial score (nSPS) is 20.0. The van der Waals surface area contributed by atoms with E-state index in [-0.39, 0.29) is 80.6 Å². The number of carbonyl (C=O) groups excluding carboxylic acids is 7. The molecule has 7 rings (SSSR count). The van der Waals surface area contributed by atoms with Crippen molar-refractivity contribution < 1.29 is 38.3 Å². The number of likely N-dealkylation sites (N-methyl/N-ethyl adjacent to an activating group) is 1. The highest BCUT2D eigenvalue weighted by molar-refractivity contribution is 5.97. The molecular weight excluding hydrogens is 997 g/mol. The summed E-state index contributed by atoms with van der Waals surface area (Å²) in [6, 6.07) is 26.7. The molecule has 79 heavy (non-hydrogen) atoms. The summed E-state index contributed by atoms with van der Waals surface area (Å²) in [4.78, 5) is 106. The summed E-state index contributed by atoms with van der Waals surface area (Å²) in [6.07, 6.45) is 3.57. The van der Waals surface area contributed by atoms with Gasteiger partial charge in [-0.15, -0.1) is 0 Å². The van der Waals surface area contributed by atoms with E-state index in [4.69, 9.17) is 4.74 Å². The van der Waals surface area contributed by atoms with Crippen LogP contribution in [0.15, 0.2) is 103 Å². The SMILES string of the molecule is CC[C@@H](C)C(=O)N[C@H](C(=O)N1Cc2ccccc2C[C@H]1C(=O)N(Cc1ccc(C(=O)NC2C[C@@H](C(=O)N[C@@H]3CCCc4ccccc43)N(C(=O)[C@@H](NC(=O)[C@H](C)NC)C(C)(C)C)C2)cc1)[C@@H](COC)c1ccccc1)C(C)(C)C. The number of amides is 7. The molecule has 3 aliphatic rings. The van der Waals surface area contributed by atoms with E-state index in [9.17, 15) is 24.0 Å². The molecule has 0 aromatic heterocycles. The number of carbonyl (C=O) groups is 7. The van der Waals surface area contributed by atoms with Crippen LogP contribution in [0.25, 0.3) is 0 Å². The molecule has 1 unspecified atom stereocenters. The first-order valence-electron chi connectivity index (χ1n) is 28.1. The highest BCUT2D eigenvalue weighted by atomic mass is 16.5. The molecule has 424 valence electrons. The molecule has 2 aliphatic heterocycles. The van der Waals surface area contributed by atoms with Crippen molar-refractivity contribution in [1.82, 2.24) is 41.3 Å². The zero-order chi connectivity index (χ0) is 57.3. The van der Waals surface area contributed by atoms with Gasteiger partial charge in [-0.25, -0.2) is 0 Å². The van der Waals surface area contributed by atoms with E-state index in [0.717, 1.165) is 41.5 Å². The number of likely N-dealkylation sites (tertiary alicyclic amines) is 1. The number of nitrogens with zero attached hydrogens (tertiary/aromatic N) is 3. The summed E-state index contributed by atoms with van der Waals surface area (Å²) in [5, 5.41) is 15.3. The fourth-order valence-corrected chi connectivity index (χ4v) is 11.0. The van der Waals surface area contributed by atoms with Crippen LogP contribution in [0, 0.1) is 16.7 Å². The molecule has 0 spiro atoms. The Balaban J connectivity index is 1.16. The maximum atomic E-state index is 15.7. The van der Waals surface area contributed by atoms with Crippen LogP contribution in [-0.4, -0.2) is 120 Å². The van der Waals surface area contributed by atoms with Gasteiger partial charge in [0, 0.05) is 50.7 Å². The van der Waals surface area contributed by atoms with E-state index in [1.54, 1.807) is 55.1 Å². The highest BCUT2D eigenvalue weighted by Crippen LogP contribution is 2.35. The van der Waals surface area contributed by atoms with Crippen LogP contribution < -0.4 is 26.6 Å². The average molecular weight is 1080 g/mol. The number of methoxy groups -OCH3 is 1. The van der Waals surface area contributed by atoms with Crippen molar-refractivity contribution in [2.75, 3.05) is 27.3 Å². The minimum atomic E-state index is -0.972. The molecule has 0 radical (unpaired) electrons. The molecular formula is C63H84N8O8. The Kier molecular flexibility index (Phi) is 19.6. The van der Waals surface area contributed by atoms with Crippen LogP contribution in [0.5, 0.6) is 0 Å². The van der Waals surface area contributed by atoms with Gasteiger partial charge in [0.15, 0.2) is 0 Å². The van der Waals surface area contributed by atoms with Crippen molar-refractivity contribution >= 4 is 41.4 Å². The zero-order valence-corrected chi connectivity index (χ0v) is 48.2. The topological polar surface area (TPSA) is 199 Å². The molecule has 5 N–H and O–H groups in total. The predicted molar refractivity (Wildman–Crippen MR) is 305 cm³/mol. The molecule has 2 heterocycles. The number of aryl methyl sites for hydroxylation is 1. The standard InChI is InChI=1S/C63H84N8O8/c1-12-39(2)55(72)67-53(62(4,5)6)60(77)70-36-46-25-17-16-24-45(46)33-51(70)59(76)69(52(38-79-11)43-22-14-13-15-23-43)35-41-29-31-44(32-30-41)57(74)65-47-34-50(58(75)66-49-28-20-26-42-21-18-19-27-48(42)49)71(37-47)61(78)54(63(7,8)9)68-56(73)40(3)64-10/h13-19,21-25,27,29-32,39-40,47,49-54,64H,12,20,26,28,33-38H2,1-11H3,(H,65,74)(H,66,75)(H,67,72)(H,68,73)/t39-,40+,47?,49-,50+,51+,52+,53-,54-/m1/s1. The number of hydrogen-bond donors (Lipinski definition) is 5. The number of benzene rings is 4. The molecule has 1 aliphatic carbocycles. The minimum Gasteiger partial charge on any atom is -0.382 e. The van der Waals surface area contributed by atoms with Crippen molar-refractivity contribution in [2.45, 2.75) is 162 Å². The number of fused-ring (bicyclic) bond motifs is 2. The lowest BCUT2D eigenvalue weighted by Crippen LogP contribution is -2.61. The maximum absolute atomic E-state index is 15.7. The zero-order valence-electron chi connectivity index (χ0n) is 48.2. The molecule has 4 aromatic carbocycles. The van der Waals surface area contributed by atoms with Gasteiger partial charge in [0.05, 0.1) is 24.7 Å². The van der Waals surface area contributed by atoms with Crippen molar-refractivity contribution in [2.24, 2.45) is 16.7 Å². The third-order valence-electron chi connectivity index (χ3n) is 16.1. The largest absolute Gasteiger partial charge is 0.382 e. The summed E-state index contributed by atoms with van der Waals surface area (Å²) in [7, 11) is 3.25. The molecule has 1 saturated heterocycles. The molecule has 0 saturated carbocycles. The van der Waals surface area contributed by atoms with Crippen LogP contribution >= 0.6 is 0 Å². The Morgan fingerprint density at radius 1 is 0.709 bits per heavy atom. The summed E-state index contributed by atoms with van der Waals surface area (Å²) >= 11 is 0. The smallest absolute Gasteiger partial charge is 0.251 e. The van der Waals surface area contributed by atoms with Gasteiger partial charge in [-0.2, -0.15) is 0 Å². The first-order chi connectivity index (χ1) is 37.5. The van der Waals surface area contributed by atoms with Crippen molar-refractivity contribution in [1.29, 1.82) is 0 Å². The van der Waals surface area contributed by atoms with Crippen LogP contribution in [0.3, 0.4) is 0 Å². The van der Waals surface area contributed by atoms with Gasteiger partial charge in [0.1, 0.15) is 24.2 Å². The highest BCUT2D eigenvalue weighted by Gasteiger charge is 2.47. The van der Waals surface area contributed by atoms with Crippen LogP contribution in [0.4, 0.5) is 0 Å². The van der Waals surface area contributed by atoms with Gasteiger partial charge in [-0.3, -0.25) is 33.6 Å². The third kappa shape index (κ3) is 14.3. The van der Waals surface area contributed by atoms with Crippen LogP contribution in [0.2, 0.25) is 0 Å². The van der Waals surface area contributed by atoms with Crippen LogP contribution in [-0.2, 0) is 59.4 Å². The van der Waals surface area contributed by atoms with E-state index in [2.05, 4.69) is 32.7 Å². The fraction of sp³-hybridized carbons (Fsp3) is 0.508. The molecule has 4 aromatic rings. The third-order valence-corrected chi connectivity index (χ3v) is 16.1. The first-order valence-corrected chi connectivity index (χ1v) is 28.1. The monoisotopic (exact) mass is 1080 g/mol. The summed E-state index contributed by atoms with van der Waals surface area (Å²) in [5.41, 5.74) is 4.58. The van der Waals surface area contributed by atoms with Crippen molar-refractivity contribution in [3.8, 4) is 0 Å². The Bertz CT molecular complexity index is 2810. The second kappa shape index (κ2) is 25.9. The average Bonchev–Trinajstić information content (AvgIpc) is 3.93. The quantitative estimate of drug-likeness (QED) is 0.0659. The number of rotatable bonds is 19. The summed E-state index contributed by atoms with van der Waals surface area (Å²) in [6.45, 7) is 17.3. The maximum Gasteiger partial charge on any atom is 0.251 e. The van der Waals surface area contributed by atoms with E-state index in [1.165, 1.54) is 10.5 Å². The molecule has 7 amide bonds. The van der Waals surface area contributed by atoms with Gasteiger partial charge < -0.3 is 46.0 Å². The van der Waals surface area contributed by atoms with E-state index in [0.29, 0.717) is 17.5 Å². The summed E-state index contributed by atoms with van der Waals surface area (Å²) < 4.78 is 5.83. The number of nitrogens with one attached hydrogen (secondary N) is 5. The minimum absolute atomic E-state index is 0.0371.